The average Bonchev–Trinajstić information content (AvgIpc) is 3.33. The molecule has 0 aliphatic rings. The van der Waals surface area contributed by atoms with E-state index in [4.69, 9.17) is 14.1 Å². The number of hydrogen-bond acceptors (Lipinski definition) is 4. The average molecular weight is 497 g/mol. The Morgan fingerprint density at radius 3 is 2.86 bits per heavy atom. The number of halogens is 1. The van der Waals surface area contributed by atoms with Crippen molar-refractivity contribution in [3.8, 4) is 0 Å². The number of ether oxygens (including phenoxy) is 1. The molecule has 28 heavy (non-hydrogen) atoms. The Balaban J connectivity index is 0.00000280. The minimum absolute atomic E-state index is 0. The van der Waals surface area contributed by atoms with Gasteiger partial charge in [-0.1, -0.05) is 6.07 Å². The van der Waals surface area contributed by atoms with Gasteiger partial charge in [-0.2, -0.15) is 0 Å². The van der Waals surface area contributed by atoms with Gasteiger partial charge in [0.25, 0.3) is 0 Å². The molecule has 3 aromatic rings. The first-order valence-corrected chi connectivity index (χ1v) is 9.24. The summed E-state index contributed by atoms with van der Waals surface area (Å²) in [5, 5.41) is 6.62. The maximum atomic E-state index is 5.57. The van der Waals surface area contributed by atoms with Gasteiger partial charge in [-0.15, -0.1) is 24.0 Å². The summed E-state index contributed by atoms with van der Waals surface area (Å²) >= 11 is 0. The topological polar surface area (TPSA) is 76.1 Å². The standard InChI is InChI=1S/C20H27N5O2.HI/c1-16-6-3-11-25-14-17(24-19(16)25)8-10-23-20(21-2)22-9-5-12-26-15-18-7-4-13-27-18;/h3-4,6-7,11,13-14H,5,8-10,12,15H2,1-2H3,(H2,21,22,23);1H. The van der Waals surface area contributed by atoms with Crippen LogP contribution < -0.4 is 10.6 Å². The van der Waals surface area contributed by atoms with Crippen LogP contribution in [0.2, 0.25) is 0 Å². The van der Waals surface area contributed by atoms with Gasteiger partial charge in [-0.3, -0.25) is 4.99 Å². The predicted molar refractivity (Wildman–Crippen MR) is 121 cm³/mol. The molecular weight excluding hydrogens is 469 g/mol. The molecule has 0 fully saturated rings. The molecule has 152 valence electrons. The predicted octanol–water partition coefficient (Wildman–Crippen LogP) is 3.17. The van der Waals surface area contributed by atoms with Crippen LogP contribution in [0.4, 0.5) is 0 Å². The fourth-order valence-corrected chi connectivity index (χ4v) is 2.80. The van der Waals surface area contributed by atoms with E-state index in [1.807, 2.05) is 24.4 Å². The lowest BCUT2D eigenvalue weighted by molar-refractivity contribution is 0.105. The molecule has 0 spiro atoms. The van der Waals surface area contributed by atoms with Crippen LogP contribution >= 0.6 is 24.0 Å². The molecule has 0 saturated carbocycles. The van der Waals surface area contributed by atoms with Crippen LogP contribution in [0.1, 0.15) is 23.4 Å². The lowest BCUT2D eigenvalue weighted by Gasteiger charge is -2.11. The van der Waals surface area contributed by atoms with E-state index in [1.165, 1.54) is 5.56 Å². The van der Waals surface area contributed by atoms with Gasteiger partial charge < -0.3 is 24.2 Å². The van der Waals surface area contributed by atoms with Crippen LogP contribution in [-0.2, 0) is 17.8 Å². The third kappa shape index (κ3) is 6.52. The molecule has 0 aliphatic heterocycles. The summed E-state index contributed by atoms with van der Waals surface area (Å²) in [6, 6.07) is 7.89. The fraction of sp³-hybridized carbons (Fsp3) is 0.400. The molecule has 0 radical (unpaired) electrons. The van der Waals surface area contributed by atoms with Crippen molar-refractivity contribution in [2.24, 2.45) is 4.99 Å². The third-order valence-corrected chi connectivity index (χ3v) is 4.21. The quantitative estimate of drug-likeness (QED) is 0.206. The van der Waals surface area contributed by atoms with E-state index < -0.39 is 0 Å². The van der Waals surface area contributed by atoms with Crippen LogP contribution in [0.5, 0.6) is 0 Å². The molecule has 0 saturated heterocycles. The molecule has 3 heterocycles. The smallest absolute Gasteiger partial charge is 0.190 e. The molecule has 0 bridgehead atoms. The minimum Gasteiger partial charge on any atom is -0.467 e. The lowest BCUT2D eigenvalue weighted by Crippen LogP contribution is -2.39. The Hall–Kier alpha value is -2.07. The number of aromatic nitrogens is 2. The van der Waals surface area contributed by atoms with Crippen LogP contribution in [0.15, 0.2) is 52.3 Å². The van der Waals surface area contributed by atoms with Gasteiger partial charge in [0.05, 0.1) is 12.0 Å². The first-order valence-electron chi connectivity index (χ1n) is 9.24. The Kier molecular flexibility index (Phi) is 9.29. The van der Waals surface area contributed by atoms with Gasteiger partial charge in [-0.05, 0) is 37.1 Å². The van der Waals surface area contributed by atoms with Gasteiger partial charge in [-0.25, -0.2) is 4.98 Å². The second-order valence-corrected chi connectivity index (χ2v) is 6.32. The van der Waals surface area contributed by atoms with Gasteiger partial charge in [0.1, 0.15) is 18.0 Å². The monoisotopic (exact) mass is 497 g/mol. The Labute approximate surface area is 182 Å². The number of aliphatic imine (C=N–C) groups is 1. The molecule has 0 aliphatic carbocycles. The number of furan rings is 1. The van der Waals surface area contributed by atoms with E-state index in [1.54, 1.807) is 13.3 Å². The van der Waals surface area contributed by atoms with Crippen molar-refractivity contribution in [1.82, 2.24) is 20.0 Å². The van der Waals surface area contributed by atoms with Crippen molar-refractivity contribution < 1.29 is 9.15 Å². The first kappa shape index (κ1) is 22.2. The van der Waals surface area contributed by atoms with E-state index >= 15 is 0 Å². The molecule has 0 aromatic carbocycles. The Bertz CT molecular complexity index is 861. The third-order valence-electron chi connectivity index (χ3n) is 4.21. The highest BCUT2D eigenvalue weighted by Gasteiger charge is 2.04. The Morgan fingerprint density at radius 2 is 2.11 bits per heavy atom. The molecule has 3 rings (SSSR count). The highest BCUT2D eigenvalue weighted by atomic mass is 127. The summed E-state index contributed by atoms with van der Waals surface area (Å²) in [5.41, 5.74) is 3.27. The summed E-state index contributed by atoms with van der Waals surface area (Å²) in [4.78, 5) is 8.94. The fourth-order valence-electron chi connectivity index (χ4n) is 2.80. The van der Waals surface area contributed by atoms with Crippen molar-refractivity contribution >= 4 is 35.6 Å². The molecule has 2 N–H and O–H groups in total. The van der Waals surface area contributed by atoms with E-state index in [0.29, 0.717) is 13.2 Å². The number of hydrogen-bond donors (Lipinski definition) is 2. The van der Waals surface area contributed by atoms with Crippen molar-refractivity contribution in [2.75, 3.05) is 26.7 Å². The number of guanidine groups is 1. The van der Waals surface area contributed by atoms with Crippen LogP contribution in [0.3, 0.4) is 0 Å². The summed E-state index contributed by atoms with van der Waals surface area (Å²) in [5.74, 6) is 1.64. The number of imidazole rings is 1. The molecule has 0 amide bonds. The SMILES string of the molecule is CN=C(NCCCOCc1ccco1)NCCc1cn2cccc(C)c2n1.I. The number of rotatable bonds is 9. The maximum Gasteiger partial charge on any atom is 0.190 e. The zero-order valence-electron chi connectivity index (χ0n) is 16.4. The highest BCUT2D eigenvalue weighted by molar-refractivity contribution is 14.0. The zero-order valence-corrected chi connectivity index (χ0v) is 18.7. The number of fused-ring (bicyclic) bond motifs is 1. The minimum atomic E-state index is 0. The van der Waals surface area contributed by atoms with E-state index in [0.717, 1.165) is 49.0 Å². The number of nitrogens with one attached hydrogen (secondary N) is 2. The van der Waals surface area contributed by atoms with Crippen molar-refractivity contribution in [1.29, 1.82) is 0 Å². The van der Waals surface area contributed by atoms with Crippen molar-refractivity contribution in [3.63, 3.8) is 0 Å². The van der Waals surface area contributed by atoms with E-state index in [9.17, 15) is 0 Å². The largest absolute Gasteiger partial charge is 0.467 e. The van der Waals surface area contributed by atoms with Crippen LogP contribution in [0.25, 0.3) is 5.65 Å². The molecule has 8 heteroatoms. The van der Waals surface area contributed by atoms with Crippen LogP contribution in [-0.4, -0.2) is 42.1 Å². The van der Waals surface area contributed by atoms with Gasteiger partial charge in [0.2, 0.25) is 0 Å². The van der Waals surface area contributed by atoms with Gasteiger partial charge in [0, 0.05) is 45.6 Å². The summed E-state index contributed by atoms with van der Waals surface area (Å²) < 4.78 is 12.9. The second-order valence-electron chi connectivity index (χ2n) is 6.32. The van der Waals surface area contributed by atoms with Crippen molar-refractivity contribution in [2.45, 2.75) is 26.4 Å². The summed E-state index contributed by atoms with van der Waals surface area (Å²) in [6.45, 7) is 4.83. The van der Waals surface area contributed by atoms with Crippen LogP contribution in [0, 0.1) is 6.92 Å². The molecule has 0 atom stereocenters. The van der Waals surface area contributed by atoms with Gasteiger partial charge in [0.15, 0.2) is 5.96 Å². The van der Waals surface area contributed by atoms with E-state index in [2.05, 4.69) is 39.2 Å². The molecule has 7 nitrogen and oxygen atoms in total. The normalized spacial score (nSPS) is 11.4. The van der Waals surface area contributed by atoms with Crippen molar-refractivity contribution in [3.05, 3.63) is 59.9 Å². The van der Waals surface area contributed by atoms with Gasteiger partial charge >= 0.3 is 0 Å². The first-order chi connectivity index (χ1) is 13.3. The second kappa shape index (κ2) is 11.7. The lowest BCUT2D eigenvalue weighted by atomic mass is 10.3. The summed E-state index contributed by atoms with van der Waals surface area (Å²) in [7, 11) is 1.77. The number of aryl methyl sites for hydroxylation is 1. The Morgan fingerprint density at radius 1 is 1.25 bits per heavy atom. The zero-order chi connectivity index (χ0) is 18.9. The number of pyridine rings is 1. The maximum absolute atomic E-state index is 5.57. The molecule has 3 aromatic heterocycles. The molecule has 0 unspecified atom stereocenters. The number of nitrogens with zero attached hydrogens (tertiary/aromatic N) is 3. The molecular formula is C20H28IN5O2. The highest BCUT2D eigenvalue weighted by Crippen LogP contribution is 2.10. The summed E-state index contributed by atoms with van der Waals surface area (Å²) in [6.07, 6.45) is 7.50. The van der Waals surface area contributed by atoms with E-state index in [-0.39, 0.29) is 24.0 Å².